The molecule has 4 fully saturated rings. The normalized spacial score (nSPS) is 25.9. The highest BCUT2D eigenvalue weighted by Gasteiger charge is 2.87. The number of ether oxygens (including phenoxy) is 2. The van der Waals surface area contributed by atoms with Crippen LogP contribution in [-0.4, -0.2) is 62.3 Å². The lowest BCUT2D eigenvalue weighted by Gasteiger charge is -2.34. The number of pyridine rings is 2. The van der Waals surface area contributed by atoms with E-state index >= 15 is 0 Å². The average molecular weight is 618 g/mol. The van der Waals surface area contributed by atoms with E-state index in [1.165, 1.54) is 25.7 Å². The van der Waals surface area contributed by atoms with Gasteiger partial charge in [-0.2, -0.15) is 0 Å². The minimum atomic E-state index is -0.265. The lowest BCUT2D eigenvalue weighted by atomic mass is 9.86. The number of rotatable bonds is 5. The highest BCUT2D eigenvalue weighted by molar-refractivity contribution is 7.97. The van der Waals surface area contributed by atoms with Crippen molar-refractivity contribution in [3.63, 3.8) is 0 Å². The topological polar surface area (TPSA) is 127 Å². The van der Waals surface area contributed by atoms with Crippen LogP contribution in [0.3, 0.4) is 0 Å². The van der Waals surface area contributed by atoms with Crippen LogP contribution < -0.4 is 19.7 Å². The Balaban J connectivity index is 1.05. The van der Waals surface area contributed by atoms with Crippen LogP contribution in [0.2, 0.25) is 0 Å². The lowest BCUT2D eigenvalue weighted by Crippen LogP contribution is -2.40. The van der Waals surface area contributed by atoms with Gasteiger partial charge in [-0.25, -0.2) is 14.6 Å². The molecule has 3 aromatic heterocycles. The number of carbonyl (C=O) groups excluding carboxylic acids is 1. The fourth-order valence-corrected chi connectivity index (χ4v) is 8.49. The third-order valence-corrected chi connectivity index (χ3v) is 11.5. The van der Waals surface area contributed by atoms with Gasteiger partial charge in [0.25, 0.3) is 5.91 Å². The standard InChI is InChI=1S/C32H39N7O4S/c1-19-8-14-33-26-22(40)5-7-25(35-26)44-37-28(41)21-4-6-23(34-27(21)38-17-20(19)16-30(38,2)3)39-15-9-24(36-39)42-18-43-29-31(10-11-31)32(29)12-13-32/h4-7,9,15,19-20,29,40H,8,10-14,16-18H2,1-3H3,(H,33,35)(H,37,41). The van der Waals surface area contributed by atoms with Crippen molar-refractivity contribution in [2.45, 2.75) is 76.0 Å². The van der Waals surface area contributed by atoms with Crippen LogP contribution in [0.25, 0.3) is 5.82 Å². The van der Waals surface area contributed by atoms with Gasteiger partial charge in [0.2, 0.25) is 5.88 Å². The predicted molar refractivity (Wildman–Crippen MR) is 166 cm³/mol. The molecule has 2 atom stereocenters. The Morgan fingerprint density at radius 1 is 1.09 bits per heavy atom. The SMILES string of the molecule is CC1CCNc2nc(ccc2O)SNC(=O)c2ccc(-n3ccc(OCOC4C5(CC5)C45CC5)n3)nc2N2CC1CC2(C)C. The fraction of sp³-hybridized carbons (Fsp3) is 0.562. The smallest absolute Gasteiger partial charge is 0.265 e. The molecule has 12 heteroatoms. The molecule has 3 aromatic rings. The van der Waals surface area contributed by atoms with Crippen molar-refractivity contribution >= 4 is 29.5 Å². The maximum absolute atomic E-state index is 13.6. The van der Waals surface area contributed by atoms with Crippen LogP contribution in [0.15, 0.2) is 41.6 Å². The molecule has 3 aliphatic carbocycles. The molecule has 4 bridgehead atoms. The number of carbonyl (C=O) groups is 1. The largest absolute Gasteiger partial charge is 0.504 e. The first kappa shape index (κ1) is 28.0. The van der Waals surface area contributed by atoms with E-state index in [2.05, 4.69) is 45.8 Å². The number of amides is 1. The number of hydrogen-bond donors (Lipinski definition) is 3. The molecule has 2 unspecified atom stereocenters. The summed E-state index contributed by atoms with van der Waals surface area (Å²) in [7, 11) is 0. The quantitative estimate of drug-likeness (QED) is 0.261. The van der Waals surface area contributed by atoms with Gasteiger partial charge in [-0.3, -0.25) is 9.52 Å². The summed E-state index contributed by atoms with van der Waals surface area (Å²) in [6.07, 6.45) is 9.27. The maximum atomic E-state index is 13.6. The van der Waals surface area contributed by atoms with Crippen molar-refractivity contribution in [2.24, 2.45) is 22.7 Å². The van der Waals surface area contributed by atoms with Gasteiger partial charge in [-0.15, -0.1) is 5.10 Å². The van der Waals surface area contributed by atoms with Crippen LogP contribution >= 0.6 is 11.9 Å². The first-order chi connectivity index (χ1) is 21.2. The molecule has 44 heavy (non-hydrogen) atoms. The molecule has 1 amide bonds. The maximum Gasteiger partial charge on any atom is 0.265 e. The van der Waals surface area contributed by atoms with Gasteiger partial charge in [0.1, 0.15) is 10.8 Å². The van der Waals surface area contributed by atoms with E-state index in [-0.39, 0.29) is 24.0 Å². The van der Waals surface area contributed by atoms with Gasteiger partial charge in [0.15, 0.2) is 24.2 Å². The average Bonchev–Trinajstić information content (AvgIpc) is 3.96. The fourth-order valence-electron chi connectivity index (χ4n) is 7.91. The Kier molecular flexibility index (Phi) is 6.36. The van der Waals surface area contributed by atoms with Gasteiger partial charge in [-0.1, -0.05) is 6.92 Å². The number of aromatic hydroxyl groups is 1. The molecule has 2 spiro atoms. The Morgan fingerprint density at radius 2 is 1.89 bits per heavy atom. The molecule has 3 saturated carbocycles. The van der Waals surface area contributed by atoms with Crippen LogP contribution in [0.5, 0.6) is 11.6 Å². The number of fused-ring (bicyclic) bond motifs is 7. The van der Waals surface area contributed by atoms with E-state index in [1.54, 1.807) is 16.8 Å². The highest BCUT2D eigenvalue weighted by atomic mass is 32.2. The van der Waals surface area contributed by atoms with Crippen LogP contribution in [0.1, 0.15) is 69.7 Å². The number of hydrogen-bond acceptors (Lipinski definition) is 10. The first-order valence-corrected chi connectivity index (χ1v) is 16.5. The summed E-state index contributed by atoms with van der Waals surface area (Å²) in [5.74, 6) is 2.78. The molecule has 0 radical (unpaired) electrons. The zero-order valence-corrected chi connectivity index (χ0v) is 26.2. The van der Waals surface area contributed by atoms with Crippen molar-refractivity contribution in [1.29, 1.82) is 0 Å². The second-order valence-corrected chi connectivity index (χ2v) is 14.7. The minimum Gasteiger partial charge on any atom is -0.504 e. The van der Waals surface area contributed by atoms with E-state index in [0.29, 0.717) is 69.2 Å². The van der Waals surface area contributed by atoms with E-state index in [0.717, 1.165) is 31.3 Å². The summed E-state index contributed by atoms with van der Waals surface area (Å²) >= 11 is 1.11. The number of anilines is 2. The summed E-state index contributed by atoms with van der Waals surface area (Å²) in [6, 6.07) is 8.73. The van der Waals surface area contributed by atoms with Crippen molar-refractivity contribution < 1.29 is 19.4 Å². The molecule has 5 aliphatic rings. The lowest BCUT2D eigenvalue weighted by molar-refractivity contribution is -0.0110. The molecule has 8 rings (SSSR count). The summed E-state index contributed by atoms with van der Waals surface area (Å²) in [4.78, 5) is 25.5. The van der Waals surface area contributed by atoms with Gasteiger partial charge >= 0.3 is 0 Å². The van der Waals surface area contributed by atoms with Gasteiger partial charge in [-0.05, 0) is 88.5 Å². The molecule has 2 aliphatic heterocycles. The molecule has 0 aromatic carbocycles. The summed E-state index contributed by atoms with van der Waals surface area (Å²) in [5.41, 5.74) is 1.22. The van der Waals surface area contributed by atoms with Crippen LogP contribution in [-0.2, 0) is 4.74 Å². The van der Waals surface area contributed by atoms with Gasteiger partial charge in [0.05, 0.1) is 11.7 Å². The molecule has 5 heterocycles. The minimum absolute atomic E-state index is 0.0915. The van der Waals surface area contributed by atoms with Crippen LogP contribution in [0.4, 0.5) is 11.6 Å². The highest BCUT2D eigenvalue weighted by Crippen LogP contribution is 2.89. The second kappa shape index (κ2) is 10.00. The van der Waals surface area contributed by atoms with Crippen molar-refractivity contribution in [3.05, 3.63) is 42.1 Å². The molecule has 11 nitrogen and oxygen atoms in total. The zero-order chi connectivity index (χ0) is 30.3. The summed E-state index contributed by atoms with van der Waals surface area (Å²) in [5, 5.41) is 18.8. The number of nitrogens with one attached hydrogen (secondary N) is 2. The third kappa shape index (κ3) is 4.60. The number of aromatic nitrogens is 4. The van der Waals surface area contributed by atoms with Crippen molar-refractivity contribution in [3.8, 4) is 17.4 Å². The second-order valence-electron chi connectivity index (χ2n) is 13.9. The molecular weight excluding hydrogens is 578 g/mol. The zero-order valence-electron chi connectivity index (χ0n) is 25.4. The van der Waals surface area contributed by atoms with E-state index in [1.807, 2.05) is 24.4 Å². The van der Waals surface area contributed by atoms with E-state index in [4.69, 9.17) is 14.5 Å². The molecule has 3 N–H and O–H groups in total. The van der Waals surface area contributed by atoms with Crippen LogP contribution in [0, 0.1) is 22.7 Å². The third-order valence-electron chi connectivity index (χ3n) is 10.8. The monoisotopic (exact) mass is 617 g/mol. The summed E-state index contributed by atoms with van der Waals surface area (Å²) in [6.45, 7) is 8.38. The van der Waals surface area contributed by atoms with Gasteiger partial charge < -0.3 is 24.8 Å². The molecule has 232 valence electrons. The molecule has 1 saturated heterocycles. The van der Waals surface area contributed by atoms with Gasteiger partial charge in [0, 0.05) is 53.7 Å². The summed E-state index contributed by atoms with van der Waals surface area (Å²) < 4.78 is 16.6. The van der Waals surface area contributed by atoms with E-state index in [9.17, 15) is 9.90 Å². The van der Waals surface area contributed by atoms with E-state index < -0.39 is 0 Å². The Morgan fingerprint density at radius 3 is 2.66 bits per heavy atom. The Bertz CT molecular complexity index is 1600. The Labute approximate surface area is 261 Å². The predicted octanol–water partition coefficient (Wildman–Crippen LogP) is 5.16. The van der Waals surface area contributed by atoms with Crippen molar-refractivity contribution in [1.82, 2.24) is 24.5 Å². The molecular formula is C32H39N7O4S. The first-order valence-electron chi connectivity index (χ1n) is 15.7. The van der Waals surface area contributed by atoms with Crippen molar-refractivity contribution in [2.75, 3.05) is 30.1 Å². The Hall–Kier alpha value is -3.51. The number of nitrogens with zero attached hydrogens (tertiary/aromatic N) is 5.